The number of carbonyl (C=O) groups excluding carboxylic acids is 2. The molecule has 13 heteroatoms. The fraction of sp³-hybridized carbons (Fsp3) is 0.500. The van der Waals surface area contributed by atoms with Crippen molar-refractivity contribution in [2.45, 2.75) is 77.6 Å². The molecule has 3 atom stereocenters. The van der Waals surface area contributed by atoms with Gasteiger partial charge in [-0.3, -0.25) is 14.4 Å². The van der Waals surface area contributed by atoms with Crippen LogP contribution < -0.4 is 0 Å². The highest BCUT2D eigenvalue weighted by atomic mass is 16.6. The van der Waals surface area contributed by atoms with E-state index in [1.54, 1.807) is 0 Å². The maximum Gasteiger partial charge on any atom is 0.345 e. The van der Waals surface area contributed by atoms with Gasteiger partial charge >= 0.3 is 29.8 Å². The van der Waals surface area contributed by atoms with Gasteiger partial charge in [0.15, 0.2) is 24.1 Å². The van der Waals surface area contributed by atoms with Gasteiger partial charge in [-0.15, -0.1) is 0 Å². The monoisotopic (exact) mass is 530 g/mol. The van der Waals surface area contributed by atoms with E-state index in [9.17, 15) is 28.8 Å². The molecule has 208 valence electrons. The predicted octanol–water partition coefficient (Wildman–Crippen LogP) is 2.55. The lowest BCUT2D eigenvalue weighted by Gasteiger charge is -2.01. The second-order valence-electron chi connectivity index (χ2n) is 7.51. The number of ketones is 1. The lowest BCUT2D eigenvalue weighted by Crippen LogP contribution is -2.18. The molecule has 3 saturated heterocycles. The number of rotatable bonds is 6. The van der Waals surface area contributed by atoms with E-state index in [1.807, 2.05) is 0 Å². The van der Waals surface area contributed by atoms with E-state index in [-0.39, 0.29) is 26.1 Å². The first kappa shape index (κ1) is 35.0. The number of cyclic esters (lactones) is 1. The molecular weight excluding hydrogens is 496 g/mol. The number of carboxylic acids is 4. The van der Waals surface area contributed by atoms with Crippen molar-refractivity contribution in [2.75, 3.05) is 0 Å². The van der Waals surface area contributed by atoms with Crippen molar-refractivity contribution < 1.29 is 63.4 Å². The first-order chi connectivity index (χ1) is 16.7. The summed E-state index contributed by atoms with van der Waals surface area (Å²) in [6.07, 6.45) is 3.34. The van der Waals surface area contributed by atoms with Gasteiger partial charge in [0, 0.05) is 38.5 Å². The summed E-state index contributed by atoms with van der Waals surface area (Å²) in [5.74, 6) is -3.14. The number of hydrogen-bond acceptors (Lipinski definition) is 9. The molecule has 3 aliphatic rings. The van der Waals surface area contributed by atoms with Gasteiger partial charge in [0.25, 0.3) is 0 Å². The summed E-state index contributed by atoms with van der Waals surface area (Å²) in [7, 11) is 0. The van der Waals surface area contributed by atoms with Crippen molar-refractivity contribution >= 4 is 35.6 Å². The fourth-order valence-electron chi connectivity index (χ4n) is 2.60. The zero-order chi connectivity index (χ0) is 27.8. The minimum absolute atomic E-state index is 0. The van der Waals surface area contributed by atoms with Gasteiger partial charge in [0.1, 0.15) is 0 Å². The van der Waals surface area contributed by atoms with E-state index in [4.69, 9.17) is 29.9 Å². The van der Waals surface area contributed by atoms with Crippen LogP contribution in [-0.4, -0.2) is 74.4 Å². The van der Waals surface area contributed by atoms with Gasteiger partial charge in [0.05, 0.1) is 17.9 Å². The highest BCUT2D eigenvalue weighted by Gasteiger charge is 2.29. The number of aliphatic carboxylic acids is 4. The molecule has 37 heavy (non-hydrogen) atoms. The Kier molecular flexibility index (Phi) is 17.2. The van der Waals surface area contributed by atoms with Crippen LogP contribution in [0, 0.1) is 0 Å². The van der Waals surface area contributed by atoms with Crippen LogP contribution in [-0.2, 0) is 43.0 Å². The van der Waals surface area contributed by atoms with Crippen LogP contribution in [0.1, 0.15) is 59.3 Å². The SMILES string of the molecule is C.C=C1CC[C@@H](C(=O)O)O1.C=C1CC[C@H](C(=O)O)O1.CC(=O)/C=C/CC(=O)O.O=C1CCC(C(=O)O)O1. The van der Waals surface area contributed by atoms with Crippen molar-refractivity contribution in [1.29, 1.82) is 0 Å². The molecule has 0 radical (unpaired) electrons. The molecule has 0 amide bonds. The lowest BCUT2D eigenvalue weighted by atomic mass is 10.2. The van der Waals surface area contributed by atoms with Crippen LogP contribution in [0.3, 0.4) is 0 Å². The molecule has 3 aliphatic heterocycles. The topological polar surface area (TPSA) is 211 Å². The summed E-state index contributed by atoms with van der Waals surface area (Å²) in [5.41, 5.74) is 0. The third-order valence-corrected chi connectivity index (χ3v) is 4.34. The highest BCUT2D eigenvalue weighted by Crippen LogP contribution is 2.21. The Hall–Kier alpha value is -4.16. The van der Waals surface area contributed by atoms with Crippen molar-refractivity contribution in [3.63, 3.8) is 0 Å². The molecule has 0 aliphatic carbocycles. The minimum atomic E-state index is -1.05. The van der Waals surface area contributed by atoms with Crippen molar-refractivity contribution in [1.82, 2.24) is 0 Å². The largest absolute Gasteiger partial charge is 0.484 e. The molecule has 3 fully saturated rings. The molecule has 0 spiro atoms. The molecule has 3 rings (SSSR count). The van der Waals surface area contributed by atoms with Gasteiger partial charge in [-0.1, -0.05) is 26.7 Å². The average molecular weight is 531 g/mol. The Morgan fingerprint density at radius 3 is 1.35 bits per heavy atom. The zero-order valence-electron chi connectivity index (χ0n) is 19.7. The smallest absolute Gasteiger partial charge is 0.345 e. The maximum absolute atomic E-state index is 10.3. The van der Waals surface area contributed by atoms with Crippen LogP contribution in [0.25, 0.3) is 0 Å². The summed E-state index contributed by atoms with van der Waals surface area (Å²) >= 11 is 0. The standard InChI is InChI=1S/3C6H8O3.C5H6O4.CH4/c2*1-4-2-3-5(9-4)6(7)8;1-5(7)3-2-4-6(8)9;6-4-2-1-3(9-4)5(7)8;/h2*5H,1-3H2,(H,7,8);2-3H,4H2,1H3,(H,8,9);3H,1-2H2,(H,7,8);1H4/b;;3-2+;;/t2*5-;;;/m10.../s1. The quantitative estimate of drug-likeness (QED) is 0.287. The summed E-state index contributed by atoms with van der Waals surface area (Å²) in [6.45, 7) is 8.38. The Labute approximate surface area is 214 Å². The third kappa shape index (κ3) is 17.0. The Bertz CT molecular complexity index is 801. The number of esters is 1. The molecule has 4 N–H and O–H groups in total. The van der Waals surface area contributed by atoms with Crippen molar-refractivity contribution in [3.8, 4) is 0 Å². The fourth-order valence-corrected chi connectivity index (χ4v) is 2.60. The van der Waals surface area contributed by atoms with Gasteiger partial charge in [-0.2, -0.15) is 0 Å². The summed E-state index contributed by atoms with van der Waals surface area (Å²) in [4.78, 5) is 60.7. The van der Waals surface area contributed by atoms with E-state index >= 15 is 0 Å². The molecular formula is C24H34O13. The minimum Gasteiger partial charge on any atom is -0.484 e. The molecule has 0 saturated carbocycles. The Morgan fingerprint density at radius 2 is 1.16 bits per heavy atom. The zero-order valence-corrected chi connectivity index (χ0v) is 19.7. The van der Waals surface area contributed by atoms with Gasteiger partial charge in [-0.25, -0.2) is 14.4 Å². The van der Waals surface area contributed by atoms with E-state index in [0.717, 1.165) is 0 Å². The second-order valence-corrected chi connectivity index (χ2v) is 7.51. The number of hydrogen-bond donors (Lipinski definition) is 4. The first-order valence-electron chi connectivity index (χ1n) is 10.7. The molecule has 1 unspecified atom stereocenters. The van der Waals surface area contributed by atoms with Crippen molar-refractivity contribution in [2.24, 2.45) is 0 Å². The normalized spacial score (nSPS) is 21.2. The summed E-state index contributed by atoms with van der Waals surface area (Å²) in [5, 5.41) is 33.0. The predicted molar refractivity (Wildman–Crippen MR) is 127 cm³/mol. The van der Waals surface area contributed by atoms with E-state index in [1.165, 1.54) is 19.1 Å². The summed E-state index contributed by atoms with van der Waals surface area (Å²) in [6, 6.07) is 0. The van der Waals surface area contributed by atoms with Crippen LogP contribution in [0.2, 0.25) is 0 Å². The first-order valence-corrected chi connectivity index (χ1v) is 10.7. The lowest BCUT2D eigenvalue weighted by molar-refractivity contribution is -0.156. The summed E-state index contributed by atoms with van der Waals surface area (Å²) < 4.78 is 14.0. The van der Waals surface area contributed by atoms with Gasteiger partial charge < -0.3 is 34.6 Å². The van der Waals surface area contributed by atoms with E-state index in [2.05, 4.69) is 17.9 Å². The molecule has 13 nitrogen and oxygen atoms in total. The van der Waals surface area contributed by atoms with Crippen LogP contribution in [0.15, 0.2) is 36.8 Å². The van der Waals surface area contributed by atoms with Crippen molar-refractivity contribution in [3.05, 3.63) is 36.8 Å². The molecule has 0 aromatic carbocycles. The molecule has 0 aromatic rings. The second kappa shape index (κ2) is 18.2. The van der Waals surface area contributed by atoms with E-state index < -0.39 is 48.2 Å². The van der Waals surface area contributed by atoms with Crippen LogP contribution >= 0.6 is 0 Å². The van der Waals surface area contributed by atoms with Crippen LogP contribution in [0.4, 0.5) is 0 Å². The molecule has 0 bridgehead atoms. The maximum atomic E-state index is 10.3. The van der Waals surface area contributed by atoms with Gasteiger partial charge in [-0.05, 0) is 13.0 Å². The number of carbonyl (C=O) groups is 6. The van der Waals surface area contributed by atoms with Crippen LogP contribution in [0.5, 0.6) is 0 Å². The Morgan fingerprint density at radius 1 is 0.784 bits per heavy atom. The third-order valence-electron chi connectivity index (χ3n) is 4.34. The highest BCUT2D eigenvalue weighted by molar-refractivity contribution is 5.87. The van der Waals surface area contributed by atoms with Gasteiger partial charge in [0.2, 0.25) is 0 Å². The van der Waals surface area contributed by atoms with E-state index in [0.29, 0.717) is 43.6 Å². The number of carboxylic acid groups (broad SMARTS) is 4. The number of allylic oxidation sites excluding steroid dienone is 3. The average Bonchev–Trinajstić information content (AvgIpc) is 3.50. The molecule has 3 heterocycles. The Balaban J connectivity index is 0. The molecule has 0 aromatic heterocycles. The number of ether oxygens (including phenoxy) is 3.